The minimum absolute atomic E-state index is 0.0788. The van der Waals surface area contributed by atoms with Crippen LogP contribution in [0.2, 0.25) is 0 Å². The highest BCUT2D eigenvalue weighted by Gasteiger charge is 2.28. The number of nitrogens with zero attached hydrogens (tertiary/aromatic N) is 1. The fourth-order valence-corrected chi connectivity index (χ4v) is 2.19. The van der Waals surface area contributed by atoms with Crippen LogP contribution in [0, 0.1) is 16.0 Å². The van der Waals surface area contributed by atoms with Crippen LogP contribution in [0.1, 0.15) is 23.4 Å². The topological polar surface area (TPSA) is 43.1 Å². The zero-order valence-corrected chi connectivity index (χ0v) is 8.49. The summed E-state index contributed by atoms with van der Waals surface area (Å²) in [7, 11) is 0. The number of nitro groups is 1. The highest BCUT2D eigenvalue weighted by atomic mass is 35.5. The molecule has 0 N–H and O–H groups in total. The van der Waals surface area contributed by atoms with E-state index in [1.165, 1.54) is 0 Å². The number of halogens is 1. The molecule has 0 aliphatic heterocycles. The zero-order chi connectivity index (χ0) is 10.3. The van der Waals surface area contributed by atoms with Gasteiger partial charge in [-0.2, -0.15) is 0 Å². The van der Waals surface area contributed by atoms with Crippen LogP contribution in [0.3, 0.4) is 0 Å². The average Bonchev–Trinajstić information content (AvgIpc) is 2.43. The van der Waals surface area contributed by atoms with Crippen molar-refractivity contribution >= 4 is 17.3 Å². The molecule has 3 nitrogen and oxygen atoms in total. The van der Waals surface area contributed by atoms with Crippen molar-refractivity contribution in [1.82, 2.24) is 0 Å². The first-order valence-corrected chi connectivity index (χ1v) is 4.94. The summed E-state index contributed by atoms with van der Waals surface area (Å²) < 4.78 is 0. The second kappa shape index (κ2) is 3.24. The van der Waals surface area contributed by atoms with Crippen molar-refractivity contribution in [3.8, 4) is 0 Å². The van der Waals surface area contributed by atoms with Crippen molar-refractivity contribution in [2.45, 2.75) is 18.7 Å². The number of nitro benzene ring substituents is 1. The summed E-state index contributed by atoms with van der Waals surface area (Å²) in [6, 6.07) is 4.95. The Morgan fingerprint density at radius 1 is 1.57 bits per heavy atom. The minimum atomic E-state index is -0.382. The van der Waals surface area contributed by atoms with Crippen molar-refractivity contribution in [3.63, 3.8) is 0 Å². The Balaban J connectivity index is 2.46. The third-order valence-electron chi connectivity index (χ3n) is 2.68. The van der Waals surface area contributed by atoms with Crippen molar-refractivity contribution in [3.05, 3.63) is 39.4 Å². The van der Waals surface area contributed by atoms with Gasteiger partial charge < -0.3 is 0 Å². The Morgan fingerprint density at radius 3 is 2.93 bits per heavy atom. The van der Waals surface area contributed by atoms with E-state index < -0.39 is 0 Å². The molecule has 0 amide bonds. The predicted octanol–water partition coefficient (Wildman–Crippen LogP) is 3.07. The molecule has 0 bridgehead atoms. The number of hydrogen-bond acceptors (Lipinski definition) is 2. The highest BCUT2D eigenvalue weighted by Crippen LogP contribution is 2.41. The van der Waals surface area contributed by atoms with Crippen LogP contribution in [-0.2, 0) is 6.42 Å². The van der Waals surface area contributed by atoms with Crippen LogP contribution in [0.25, 0.3) is 0 Å². The summed E-state index contributed by atoms with van der Waals surface area (Å²) in [6.45, 7) is 2.06. The van der Waals surface area contributed by atoms with Gasteiger partial charge in [0.25, 0.3) is 5.69 Å². The normalized spacial score (nSPS) is 24.7. The molecule has 0 spiro atoms. The highest BCUT2D eigenvalue weighted by molar-refractivity contribution is 6.21. The van der Waals surface area contributed by atoms with Gasteiger partial charge in [-0.3, -0.25) is 10.1 Å². The molecule has 0 saturated carbocycles. The molecule has 0 aromatic heterocycles. The molecule has 1 aliphatic carbocycles. The maximum atomic E-state index is 10.6. The van der Waals surface area contributed by atoms with Crippen LogP contribution in [0.15, 0.2) is 18.2 Å². The lowest BCUT2D eigenvalue weighted by molar-refractivity contribution is -0.384. The van der Waals surface area contributed by atoms with Crippen LogP contribution in [0.4, 0.5) is 5.69 Å². The Kier molecular flexibility index (Phi) is 2.19. The van der Waals surface area contributed by atoms with Gasteiger partial charge >= 0.3 is 0 Å². The van der Waals surface area contributed by atoms with E-state index in [-0.39, 0.29) is 16.0 Å². The number of fused-ring (bicyclic) bond motifs is 1. The van der Waals surface area contributed by atoms with Gasteiger partial charge in [-0.05, 0) is 23.5 Å². The van der Waals surface area contributed by atoms with E-state index in [0.717, 1.165) is 17.5 Å². The Labute approximate surface area is 86.8 Å². The van der Waals surface area contributed by atoms with Gasteiger partial charge in [-0.25, -0.2) is 0 Å². The van der Waals surface area contributed by atoms with E-state index in [1.807, 2.05) is 6.07 Å². The quantitative estimate of drug-likeness (QED) is 0.407. The molecule has 1 aromatic carbocycles. The van der Waals surface area contributed by atoms with Gasteiger partial charge in [-0.1, -0.05) is 13.0 Å². The van der Waals surface area contributed by atoms with Gasteiger partial charge in [0.05, 0.1) is 10.3 Å². The van der Waals surface area contributed by atoms with Gasteiger partial charge in [0, 0.05) is 12.1 Å². The predicted molar refractivity (Wildman–Crippen MR) is 54.6 cm³/mol. The number of rotatable bonds is 1. The molecular formula is C10H10ClNO2. The van der Waals surface area contributed by atoms with E-state index in [1.54, 1.807) is 12.1 Å². The summed E-state index contributed by atoms with van der Waals surface area (Å²) >= 11 is 6.15. The van der Waals surface area contributed by atoms with E-state index in [9.17, 15) is 10.1 Å². The molecule has 74 valence electrons. The number of non-ortho nitro benzene ring substituents is 1. The lowest BCUT2D eigenvalue weighted by Crippen LogP contribution is -1.95. The third-order valence-corrected chi connectivity index (χ3v) is 3.34. The van der Waals surface area contributed by atoms with Gasteiger partial charge in [0.15, 0.2) is 0 Å². The monoisotopic (exact) mass is 211 g/mol. The summed E-state index contributed by atoms with van der Waals surface area (Å²) in [5.74, 6) is 0.369. The summed E-state index contributed by atoms with van der Waals surface area (Å²) in [5, 5.41) is 10.5. The standard InChI is InChI=1S/C10H10ClNO2/c1-6-4-7-2-3-8(12(13)14)5-9(7)10(6)11/h2-3,5-6,10H,4H2,1H3. The van der Waals surface area contributed by atoms with Crippen molar-refractivity contribution in [1.29, 1.82) is 0 Å². The Morgan fingerprint density at radius 2 is 2.29 bits per heavy atom. The van der Waals surface area contributed by atoms with Crippen LogP contribution >= 0.6 is 11.6 Å². The number of hydrogen-bond donors (Lipinski definition) is 0. The van der Waals surface area contributed by atoms with Crippen molar-refractivity contribution in [2.24, 2.45) is 5.92 Å². The van der Waals surface area contributed by atoms with Gasteiger partial charge in [0.1, 0.15) is 0 Å². The second-order valence-corrected chi connectivity index (χ2v) is 4.19. The molecule has 1 aliphatic rings. The van der Waals surface area contributed by atoms with E-state index in [2.05, 4.69) is 6.92 Å². The SMILES string of the molecule is CC1Cc2ccc([N+](=O)[O-])cc2C1Cl. The average molecular weight is 212 g/mol. The number of benzene rings is 1. The molecule has 0 fully saturated rings. The Hall–Kier alpha value is -1.09. The Bertz CT molecular complexity index is 392. The van der Waals surface area contributed by atoms with E-state index >= 15 is 0 Å². The smallest absolute Gasteiger partial charge is 0.258 e. The molecule has 0 saturated heterocycles. The maximum absolute atomic E-state index is 10.6. The molecular weight excluding hydrogens is 202 g/mol. The van der Waals surface area contributed by atoms with E-state index in [0.29, 0.717) is 5.92 Å². The number of alkyl halides is 1. The summed E-state index contributed by atoms with van der Waals surface area (Å²) in [6.07, 6.45) is 0.918. The lowest BCUT2D eigenvalue weighted by Gasteiger charge is -2.05. The van der Waals surface area contributed by atoms with Crippen molar-refractivity contribution in [2.75, 3.05) is 0 Å². The summed E-state index contributed by atoms with van der Waals surface area (Å²) in [4.78, 5) is 10.2. The van der Waals surface area contributed by atoms with E-state index in [4.69, 9.17) is 11.6 Å². The second-order valence-electron chi connectivity index (χ2n) is 3.72. The molecule has 2 atom stereocenters. The fourth-order valence-electron chi connectivity index (χ4n) is 1.90. The first-order valence-electron chi connectivity index (χ1n) is 4.51. The van der Waals surface area contributed by atoms with Crippen molar-refractivity contribution < 1.29 is 4.92 Å². The molecule has 0 heterocycles. The molecule has 4 heteroatoms. The first kappa shape index (κ1) is 9.46. The molecule has 1 aromatic rings. The lowest BCUT2D eigenvalue weighted by atomic mass is 10.1. The molecule has 2 rings (SSSR count). The fraction of sp³-hybridized carbons (Fsp3) is 0.400. The van der Waals surface area contributed by atoms with Crippen LogP contribution < -0.4 is 0 Å². The first-order chi connectivity index (χ1) is 6.59. The minimum Gasteiger partial charge on any atom is -0.258 e. The summed E-state index contributed by atoms with van der Waals surface area (Å²) in [5.41, 5.74) is 2.19. The van der Waals surface area contributed by atoms with Gasteiger partial charge in [0.2, 0.25) is 0 Å². The largest absolute Gasteiger partial charge is 0.269 e. The van der Waals surface area contributed by atoms with Crippen LogP contribution in [-0.4, -0.2) is 4.92 Å². The zero-order valence-electron chi connectivity index (χ0n) is 7.74. The molecule has 0 radical (unpaired) electrons. The maximum Gasteiger partial charge on any atom is 0.269 e. The molecule has 14 heavy (non-hydrogen) atoms. The third kappa shape index (κ3) is 1.38. The van der Waals surface area contributed by atoms with Crippen LogP contribution in [0.5, 0.6) is 0 Å². The van der Waals surface area contributed by atoms with Gasteiger partial charge in [-0.15, -0.1) is 11.6 Å². The molecule has 2 unspecified atom stereocenters.